The van der Waals surface area contributed by atoms with Gasteiger partial charge in [-0.05, 0) is 76.2 Å². The van der Waals surface area contributed by atoms with Crippen molar-refractivity contribution in [3.05, 3.63) is 77.2 Å². The molecule has 4 aromatic rings. The number of fused-ring (bicyclic) bond motifs is 1. The summed E-state index contributed by atoms with van der Waals surface area (Å²) in [7, 11) is 2.11. The molecular weight excluding hydrogens is 552 g/mol. The van der Waals surface area contributed by atoms with E-state index in [1.165, 1.54) is 6.20 Å². The van der Waals surface area contributed by atoms with Gasteiger partial charge in [-0.15, -0.1) is 0 Å². The number of ether oxygens (including phenoxy) is 2. The van der Waals surface area contributed by atoms with E-state index in [-0.39, 0.29) is 12.5 Å². The van der Waals surface area contributed by atoms with Crippen molar-refractivity contribution < 1.29 is 14.3 Å². The van der Waals surface area contributed by atoms with E-state index in [0.717, 1.165) is 31.5 Å². The van der Waals surface area contributed by atoms with Crippen LogP contribution >= 0.6 is 11.6 Å². The van der Waals surface area contributed by atoms with Crippen LogP contribution in [0.3, 0.4) is 0 Å². The normalized spacial score (nSPS) is 14.9. The van der Waals surface area contributed by atoms with E-state index in [1.807, 2.05) is 37.3 Å². The Bertz CT molecular complexity index is 1610. The van der Waals surface area contributed by atoms with Gasteiger partial charge >= 0.3 is 0 Å². The first-order valence-electron chi connectivity index (χ1n) is 14.0. The predicted octanol–water partition coefficient (Wildman–Crippen LogP) is 6.69. The minimum absolute atomic E-state index is 0.0809. The smallest absolute Gasteiger partial charge is 0.224 e. The molecule has 0 saturated carbocycles. The number of carbonyl (C=O) groups is 1. The fourth-order valence-electron chi connectivity index (χ4n) is 5.14. The van der Waals surface area contributed by atoms with Crippen LogP contribution < -0.4 is 20.1 Å². The van der Waals surface area contributed by atoms with Crippen LogP contribution in [0.25, 0.3) is 10.9 Å². The number of benzene rings is 2. The number of nitrogens with zero attached hydrogens (tertiary/aromatic N) is 4. The average Bonchev–Trinajstić information content (AvgIpc) is 3.41. The Hall–Kier alpha value is -4.39. The molecule has 1 fully saturated rings. The summed E-state index contributed by atoms with van der Waals surface area (Å²) in [5.41, 5.74) is 3.50. The first kappa shape index (κ1) is 29.1. The minimum atomic E-state index is -0.0809. The van der Waals surface area contributed by atoms with E-state index in [9.17, 15) is 10.1 Å². The molecule has 2 aromatic heterocycles. The summed E-state index contributed by atoms with van der Waals surface area (Å²) in [6.07, 6.45) is 6.72. The van der Waals surface area contributed by atoms with Gasteiger partial charge in [0.1, 0.15) is 24.2 Å². The highest BCUT2D eigenvalue weighted by atomic mass is 35.5. The highest BCUT2D eigenvalue weighted by Gasteiger charge is 2.22. The maximum atomic E-state index is 13.0. The Morgan fingerprint density at radius 1 is 1.17 bits per heavy atom. The number of nitrogens with one attached hydrogen (secondary N) is 2. The Kier molecular flexibility index (Phi) is 9.37. The van der Waals surface area contributed by atoms with E-state index in [0.29, 0.717) is 69.1 Å². The number of pyridine rings is 2. The van der Waals surface area contributed by atoms with Gasteiger partial charge < -0.3 is 25.0 Å². The molecule has 42 heavy (non-hydrogen) atoms. The lowest BCUT2D eigenvalue weighted by molar-refractivity contribution is -0.116. The first-order valence-corrected chi connectivity index (χ1v) is 14.4. The van der Waals surface area contributed by atoms with Gasteiger partial charge in [0.25, 0.3) is 0 Å². The summed E-state index contributed by atoms with van der Waals surface area (Å²) >= 11 is 6.55. The molecule has 3 heterocycles. The summed E-state index contributed by atoms with van der Waals surface area (Å²) < 4.78 is 11.7. The number of aromatic nitrogens is 2. The lowest BCUT2D eigenvalue weighted by Gasteiger charge is -2.19. The standard InChI is InChI=1S/C32H33ClN6O3/c1-3-41-30-17-27-25(16-28(30)38-31(40)12-10-24-8-6-14-39(24)2)32(21(18-34)19-36-27)37-22-9-11-29(26(33)15-22)42-20-23-7-4-5-13-35-23/h4-5,7,9,11,13,15-17,19,24H,3,6,8,10,12,14,20H2,1-2H3,(H,36,37)(H,38,40)/t24-/m1/s1. The average molecular weight is 585 g/mol. The van der Waals surface area contributed by atoms with Crippen LogP contribution in [0, 0.1) is 11.3 Å². The first-order chi connectivity index (χ1) is 20.4. The summed E-state index contributed by atoms with van der Waals surface area (Å²) in [4.78, 5) is 24.0. The summed E-state index contributed by atoms with van der Waals surface area (Å²) in [5, 5.41) is 17.3. The Morgan fingerprint density at radius 3 is 2.76 bits per heavy atom. The van der Waals surface area contributed by atoms with Gasteiger partial charge in [-0.3, -0.25) is 14.8 Å². The summed E-state index contributed by atoms with van der Waals surface area (Å²) in [5.74, 6) is 0.961. The molecule has 0 bridgehead atoms. The Morgan fingerprint density at radius 2 is 2.05 bits per heavy atom. The van der Waals surface area contributed by atoms with Crippen molar-refractivity contribution in [2.75, 3.05) is 30.8 Å². The maximum Gasteiger partial charge on any atom is 0.224 e. The molecule has 1 aliphatic heterocycles. The SMILES string of the molecule is CCOc1cc2ncc(C#N)c(Nc3ccc(OCc4ccccn4)c(Cl)c3)c2cc1NC(=O)CC[C@H]1CCCN1C. The molecule has 1 aliphatic rings. The third-order valence-electron chi connectivity index (χ3n) is 7.34. The van der Waals surface area contributed by atoms with Crippen molar-refractivity contribution in [1.82, 2.24) is 14.9 Å². The molecule has 1 saturated heterocycles. The Labute approximate surface area is 250 Å². The molecule has 5 rings (SSSR count). The molecular formula is C32H33ClN6O3. The van der Waals surface area contributed by atoms with Crippen LogP contribution in [-0.2, 0) is 11.4 Å². The van der Waals surface area contributed by atoms with Crippen LogP contribution in [0.4, 0.5) is 17.1 Å². The summed E-state index contributed by atoms with van der Waals surface area (Å²) in [6, 6.07) is 17.2. The number of hydrogen-bond acceptors (Lipinski definition) is 8. The maximum absolute atomic E-state index is 13.0. The number of halogens is 1. The molecule has 0 aliphatic carbocycles. The third-order valence-corrected chi connectivity index (χ3v) is 7.64. The largest absolute Gasteiger partial charge is 0.492 e. The van der Waals surface area contributed by atoms with E-state index < -0.39 is 0 Å². The van der Waals surface area contributed by atoms with Crippen molar-refractivity contribution in [3.8, 4) is 17.6 Å². The number of nitriles is 1. The highest BCUT2D eigenvalue weighted by molar-refractivity contribution is 6.32. The molecule has 9 nitrogen and oxygen atoms in total. The molecule has 2 aromatic carbocycles. The van der Waals surface area contributed by atoms with Gasteiger partial charge in [0.2, 0.25) is 5.91 Å². The highest BCUT2D eigenvalue weighted by Crippen LogP contribution is 2.37. The quantitative estimate of drug-likeness (QED) is 0.200. The van der Waals surface area contributed by atoms with Crippen LogP contribution in [0.5, 0.6) is 11.5 Å². The summed E-state index contributed by atoms with van der Waals surface area (Å²) in [6.45, 7) is 3.67. The third kappa shape index (κ3) is 6.90. The fraction of sp³-hybridized carbons (Fsp3) is 0.312. The second kappa shape index (κ2) is 13.5. The van der Waals surface area contributed by atoms with E-state index >= 15 is 0 Å². The van der Waals surface area contributed by atoms with Gasteiger partial charge in [-0.25, -0.2) is 0 Å². The molecule has 216 valence electrons. The zero-order valence-corrected chi connectivity index (χ0v) is 24.4. The number of amides is 1. The molecule has 2 N–H and O–H groups in total. The zero-order valence-electron chi connectivity index (χ0n) is 23.7. The number of rotatable bonds is 11. The fourth-order valence-corrected chi connectivity index (χ4v) is 5.38. The molecule has 0 radical (unpaired) electrons. The second-order valence-corrected chi connectivity index (χ2v) is 10.6. The lowest BCUT2D eigenvalue weighted by Crippen LogP contribution is -2.26. The molecule has 1 atom stereocenters. The zero-order chi connectivity index (χ0) is 29.5. The second-order valence-electron chi connectivity index (χ2n) is 10.2. The van der Waals surface area contributed by atoms with Crippen molar-refractivity contribution in [2.24, 2.45) is 0 Å². The topological polar surface area (TPSA) is 112 Å². The number of hydrogen-bond donors (Lipinski definition) is 2. The Balaban J connectivity index is 1.39. The molecule has 1 amide bonds. The van der Waals surface area contributed by atoms with Crippen molar-refractivity contribution in [1.29, 1.82) is 5.26 Å². The number of likely N-dealkylation sites (tertiary alicyclic amines) is 1. The van der Waals surface area contributed by atoms with E-state index in [4.69, 9.17) is 21.1 Å². The molecule has 0 spiro atoms. The van der Waals surface area contributed by atoms with Gasteiger partial charge in [-0.2, -0.15) is 5.26 Å². The van der Waals surface area contributed by atoms with Crippen molar-refractivity contribution in [3.63, 3.8) is 0 Å². The van der Waals surface area contributed by atoms with Crippen LogP contribution in [0.2, 0.25) is 5.02 Å². The van der Waals surface area contributed by atoms with Crippen molar-refractivity contribution >= 4 is 45.5 Å². The molecule has 10 heteroatoms. The van der Waals surface area contributed by atoms with Crippen LogP contribution in [-0.4, -0.2) is 47.0 Å². The van der Waals surface area contributed by atoms with E-state index in [2.05, 4.69) is 38.6 Å². The van der Waals surface area contributed by atoms with Gasteiger partial charge in [0.15, 0.2) is 0 Å². The molecule has 0 unspecified atom stereocenters. The minimum Gasteiger partial charge on any atom is -0.492 e. The van der Waals surface area contributed by atoms with Gasteiger partial charge in [0.05, 0.1) is 39.8 Å². The predicted molar refractivity (Wildman–Crippen MR) is 164 cm³/mol. The van der Waals surface area contributed by atoms with Crippen LogP contribution in [0.15, 0.2) is 60.9 Å². The number of carbonyl (C=O) groups excluding carboxylic acids is 1. The van der Waals surface area contributed by atoms with Crippen LogP contribution in [0.1, 0.15) is 43.9 Å². The van der Waals surface area contributed by atoms with Gasteiger partial charge in [-0.1, -0.05) is 17.7 Å². The van der Waals surface area contributed by atoms with Gasteiger partial charge in [0, 0.05) is 42.0 Å². The van der Waals surface area contributed by atoms with E-state index in [1.54, 1.807) is 24.4 Å². The van der Waals surface area contributed by atoms with Crippen molar-refractivity contribution in [2.45, 2.75) is 45.3 Å². The number of anilines is 3. The monoisotopic (exact) mass is 584 g/mol. The lowest BCUT2D eigenvalue weighted by atomic mass is 10.1.